The zero-order valence-electron chi connectivity index (χ0n) is 13.9. The van der Waals surface area contributed by atoms with Crippen LogP contribution in [0, 0.1) is 18.8 Å². The van der Waals surface area contributed by atoms with E-state index in [-0.39, 0.29) is 23.4 Å². The van der Waals surface area contributed by atoms with Crippen molar-refractivity contribution in [1.29, 1.82) is 0 Å². The summed E-state index contributed by atoms with van der Waals surface area (Å²) in [5.41, 5.74) is 6.24. The van der Waals surface area contributed by atoms with Crippen molar-refractivity contribution in [2.45, 2.75) is 26.2 Å². The number of carbonyl (C=O) groups is 2. The normalized spacial score (nSPS) is 23.9. The average Bonchev–Trinajstić information content (AvgIpc) is 3.14. The number of hydrogen-bond donors (Lipinski definition) is 0. The van der Waals surface area contributed by atoms with Gasteiger partial charge in [-0.15, -0.1) is 0 Å². The number of carbonyl (C=O) groups excluding carboxylic acids is 2. The standard InChI is InChI=1S/C22H17ClO2/c1-11-8-15(23)5-7-16(11)12-4-6-17-18(10-12)20-19(22(17)25)13-2-3-14(9-13)21(20)24/h4-8,10,13-14H,2-3,9H2,1H3/t13-,14+/m0/s1. The fraction of sp³-hybridized carbons (Fsp3) is 0.273. The molecule has 5 rings (SSSR count). The number of aryl methyl sites for hydroxylation is 1. The fourth-order valence-corrected chi connectivity index (χ4v) is 5.04. The molecular formula is C22H17ClO2. The van der Waals surface area contributed by atoms with Gasteiger partial charge >= 0.3 is 0 Å². The second-order valence-corrected chi connectivity index (χ2v) is 7.84. The van der Waals surface area contributed by atoms with Crippen molar-refractivity contribution in [2.75, 3.05) is 0 Å². The molecule has 0 N–H and O–H groups in total. The van der Waals surface area contributed by atoms with E-state index in [0.29, 0.717) is 16.2 Å². The molecule has 124 valence electrons. The molecule has 0 spiro atoms. The predicted molar refractivity (Wildman–Crippen MR) is 98.7 cm³/mol. The lowest BCUT2D eigenvalue weighted by molar-refractivity contribution is -0.117. The highest BCUT2D eigenvalue weighted by Gasteiger charge is 2.47. The molecule has 2 bridgehead atoms. The van der Waals surface area contributed by atoms with Gasteiger partial charge in [0.25, 0.3) is 0 Å². The van der Waals surface area contributed by atoms with Crippen LogP contribution in [0.5, 0.6) is 0 Å². The number of ketones is 2. The van der Waals surface area contributed by atoms with Crippen LogP contribution < -0.4 is 0 Å². The van der Waals surface area contributed by atoms with E-state index in [1.54, 1.807) is 0 Å². The van der Waals surface area contributed by atoms with Crippen molar-refractivity contribution in [3.05, 3.63) is 63.7 Å². The van der Waals surface area contributed by atoms with Crippen LogP contribution in [0.2, 0.25) is 5.02 Å². The lowest BCUT2D eigenvalue weighted by Crippen LogP contribution is -2.20. The van der Waals surface area contributed by atoms with E-state index in [1.807, 2.05) is 43.3 Å². The number of benzene rings is 2. The Bertz CT molecular complexity index is 999. The monoisotopic (exact) mass is 348 g/mol. The molecule has 0 unspecified atom stereocenters. The molecule has 3 aliphatic rings. The molecule has 0 amide bonds. The minimum absolute atomic E-state index is 0.0723. The van der Waals surface area contributed by atoms with Crippen molar-refractivity contribution in [2.24, 2.45) is 11.8 Å². The molecule has 0 saturated heterocycles. The average molecular weight is 349 g/mol. The van der Waals surface area contributed by atoms with E-state index in [9.17, 15) is 9.59 Å². The molecule has 0 aliphatic heterocycles. The van der Waals surface area contributed by atoms with Crippen LogP contribution in [0.15, 0.2) is 42.0 Å². The zero-order chi connectivity index (χ0) is 17.3. The van der Waals surface area contributed by atoms with Crippen molar-refractivity contribution < 1.29 is 9.59 Å². The third-order valence-corrected chi connectivity index (χ3v) is 6.24. The number of fused-ring (bicyclic) bond motifs is 5. The lowest BCUT2D eigenvalue weighted by atomic mass is 9.82. The van der Waals surface area contributed by atoms with Gasteiger partial charge in [0.2, 0.25) is 0 Å². The number of allylic oxidation sites excluding steroid dienone is 2. The lowest BCUT2D eigenvalue weighted by Gasteiger charge is -2.20. The van der Waals surface area contributed by atoms with Crippen molar-refractivity contribution >= 4 is 28.7 Å². The first-order chi connectivity index (χ1) is 12.0. The van der Waals surface area contributed by atoms with Gasteiger partial charge in [-0.25, -0.2) is 0 Å². The van der Waals surface area contributed by atoms with Gasteiger partial charge in [-0.2, -0.15) is 0 Å². The molecule has 0 aromatic heterocycles. The fourth-order valence-electron chi connectivity index (χ4n) is 4.81. The molecule has 3 aliphatic carbocycles. The maximum Gasteiger partial charge on any atom is 0.190 e. The predicted octanol–water partition coefficient (Wildman–Crippen LogP) is 5.26. The van der Waals surface area contributed by atoms with E-state index in [0.717, 1.165) is 47.1 Å². The van der Waals surface area contributed by atoms with Gasteiger partial charge in [0.05, 0.1) is 0 Å². The van der Waals surface area contributed by atoms with Crippen molar-refractivity contribution in [3.63, 3.8) is 0 Å². The van der Waals surface area contributed by atoms with E-state index in [4.69, 9.17) is 11.6 Å². The summed E-state index contributed by atoms with van der Waals surface area (Å²) in [6.07, 6.45) is 2.76. The molecule has 1 fully saturated rings. The van der Waals surface area contributed by atoms with Gasteiger partial charge in [0.1, 0.15) is 0 Å². The van der Waals surface area contributed by atoms with E-state index < -0.39 is 0 Å². The summed E-state index contributed by atoms with van der Waals surface area (Å²) < 4.78 is 0. The zero-order valence-corrected chi connectivity index (χ0v) is 14.7. The summed E-state index contributed by atoms with van der Waals surface area (Å²) in [5.74, 6) is 0.644. The first-order valence-corrected chi connectivity index (χ1v) is 9.16. The number of rotatable bonds is 1. The number of hydrogen-bond acceptors (Lipinski definition) is 2. The van der Waals surface area contributed by atoms with Crippen LogP contribution in [0.3, 0.4) is 0 Å². The smallest absolute Gasteiger partial charge is 0.190 e. The van der Waals surface area contributed by atoms with E-state index >= 15 is 0 Å². The van der Waals surface area contributed by atoms with Crippen LogP contribution >= 0.6 is 11.6 Å². The third-order valence-electron chi connectivity index (χ3n) is 6.01. The third kappa shape index (κ3) is 2.04. The maximum atomic E-state index is 12.9. The second-order valence-electron chi connectivity index (χ2n) is 7.41. The Morgan fingerprint density at radius 1 is 0.920 bits per heavy atom. The number of halogens is 1. The summed E-state index contributed by atoms with van der Waals surface area (Å²) in [6, 6.07) is 11.7. The molecule has 0 heterocycles. The van der Waals surface area contributed by atoms with Crippen LogP contribution in [0.25, 0.3) is 16.7 Å². The summed E-state index contributed by atoms with van der Waals surface area (Å²) >= 11 is 6.07. The quantitative estimate of drug-likeness (QED) is 0.704. The molecule has 3 heteroatoms. The first-order valence-electron chi connectivity index (χ1n) is 8.78. The highest BCUT2D eigenvalue weighted by atomic mass is 35.5. The van der Waals surface area contributed by atoms with Gasteiger partial charge in [-0.3, -0.25) is 9.59 Å². The molecule has 0 radical (unpaired) electrons. The van der Waals surface area contributed by atoms with Crippen LogP contribution in [0.4, 0.5) is 0 Å². The maximum absolute atomic E-state index is 12.9. The topological polar surface area (TPSA) is 34.1 Å². The Kier molecular flexibility index (Phi) is 3.11. The number of Topliss-reactive ketones (excluding diaryl/α,β-unsaturated/α-hetero) is 2. The summed E-state index contributed by atoms with van der Waals surface area (Å²) in [5, 5.41) is 0.710. The Morgan fingerprint density at radius 3 is 2.48 bits per heavy atom. The van der Waals surface area contributed by atoms with Crippen molar-refractivity contribution in [1.82, 2.24) is 0 Å². The van der Waals surface area contributed by atoms with Gasteiger partial charge < -0.3 is 0 Å². The molecule has 1 saturated carbocycles. The molecule has 2 atom stereocenters. The summed E-state index contributed by atoms with van der Waals surface area (Å²) in [7, 11) is 0. The van der Waals surface area contributed by atoms with Crippen LogP contribution in [-0.2, 0) is 4.79 Å². The Labute approximate surface area is 151 Å². The van der Waals surface area contributed by atoms with Crippen LogP contribution in [-0.4, -0.2) is 11.6 Å². The minimum atomic E-state index is 0.0723. The highest BCUT2D eigenvalue weighted by Crippen LogP contribution is 2.51. The molecule has 25 heavy (non-hydrogen) atoms. The summed E-state index contributed by atoms with van der Waals surface area (Å²) in [4.78, 5) is 25.8. The molecule has 2 nitrogen and oxygen atoms in total. The van der Waals surface area contributed by atoms with E-state index in [2.05, 4.69) is 0 Å². The first kappa shape index (κ1) is 15.1. The Morgan fingerprint density at radius 2 is 1.68 bits per heavy atom. The van der Waals surface area contributed by atoms with Crippen molar-refractivity contribution in [3.8, 4) is 11.1 Å². The SMILES string of the molecule is Cc1cc(Cl)ccc1-c1ccc2c(c1)C1=C(C2=O)[C@H]2CC[C@H](C2)C1=O. The Balaban J connectivity index is 1.70. The summed E-state index contributed by atoms with van der Waals surface area (Å²) in [6.45, 7) is 2.02. The highest BCUT2D eigenvalue weighted by molar-refractivity contribution is 6.37. The molecule has 2 aromatic rings. The van der Waals surface area contributed by atoms with Crippen LogP contribution in [0.1, 0.15) is 40.7 Å². The van der Waals surface area contributed by atoms with Gasteiger partial charge in [-0.05, 0) is 78.6 Å². The molecule has 2 aromatic carbocycles. The largest absolute Gasteiger partial charge is 0.294 e. The van der Waals surface area contributed by atoms with Gasteiger partial charge in [0.15, 0.2) is 11.6 Å². The molecular weight excluding hydrogens is 332 g/mol. The van der Waals surface area contributed by atoms with Gasteiger partial charge in [-0.1, -0.05) is 23.7 Å². The van der Waals surface area contributed by atoms with Gasteiger partial charge in [0, 0.05) is 27.7 Å². The van der Waals surface area contributed by atoms with E-state index in [1.165, 1.54) is 0 Å². The minimum Gasteiger partial charge on any atom is -0.294 e. The Hall–Kier alpha value is -2.19. The second kappa shape index (κ2) is 5.15.